The van der Waals surface area contributed by atoms with E-state index < -0.39 is 6.04 Å². The van der Waals surface area contributed by atoms with E-state index in [1.807, 2.05) is 6.92 Å². The van der Waals surface area contributed by atoms with Crippen molar-refractivity contribution in [3.63, 3.8) is 0 Å². The van der Waals surface area contributed by atoms with Crippen molar-refractivity contribution in [2.45, 2.75) is 37.6 Å². The van der Waals surface area contributed by atoms with Gasteiger partial charge in [-0.25, -0.2) is 9.97 Å². The third-order valence-corrected chi connectivity index (χ3v) is 6.55. The Morgan fingerprint density at radius 1 is 1.09 bits per heavy atom. The summed E-state index contributed by atoms with van der Waals surface area (Å²) in [7, 11) is 3.45. The number of nitrogens with two attached hydrogens (primary N) is 1. The summed E-state index contributed by atoms with van der Waals surface area (Å²) < 4.78 is 7.23. The standard InChI is InChI=1S/C24H26N8O2/c1-15(21(33)31(2)3)32-14-18(13-28-32)20-29-22(30-34-20)24(9-4-10-24)19-7-5-16(6-8-19)17-11-26-23(25)27-12-17/h5-8,11-15H,4,9-10H2,1-3H3,(H2,25,26,27). The maximum absolute atomic E-state index is 12.3. The molecule has 0 spiro atoms. The lowest BCUT2D eigenvalue weighted by molar-refractivity contribution is -0.131. The lowest BCUT2D eigenvalue weighted by Gasteiger charge is -2.39. The third kappa shape index (κ3) is 3.70. The van der Waals surface area contributed by atoms with Crippen LogP contribution in [-0.2, 0) is 10.2 Å². The van der Waals surface area contributed by atoms with Gasteiger partial charge in [-0.15, -0.1) is 0 Å². The van der Waals surface area contributed by atoms with Crippen LogP contribution in [0.25, 0.3) is 22.6 Å². The number of benzene rings is 1. The van der Waals surface area contributed by atoms with Crippen LogP contribution in [0.4, 0.5) is 5.95 Å². The lowest BCUT2D eigenvalue weighted by atomic mass is 9.64. The Labute approximate surface area is 196 Å². The van der Waals surface area contributed by atoms with E-state index in [2.05, 4.69) is 44.5 Å². The Balaban J connectivity index is 1.40. The van der Waals surface area contributed by atoms with Gasteiger partial charge < -0.3 is 15.2 Å². The highest BCUT2D eigenvalue weighted by Gasteiger charge is 2.44. The van der Waals surface area contributed by atoms with Crippen molar-refractivity contribution in [3.05, 3.63) is 60.4 Å². The van der Waals surface area contributed by atoms with Gasteiger partial charge in [0.15, 0.2) is 5.82 Å². The number of rotatable bonds is 6. The summed E-state index contributed by atoms with van der Waals surface area (Å²) in [5.41, 5.74) is 9.07. The minimum Gasteiger partial charge on any atom is -0.368 e. The molecule has 1 fully saturated rings. The van der Waals surface area contributed by atoms with Crippen LogP contribution < -0.4 is 5.73 Å². The molecule has 0 aliphatic heterocycles. The first-order chi connectivity index (χ1) is 16.4. The van der Waals surface area contributed by atoms with Crippen molar-refractivity contribution in [2.24, 2.45) is 0 Å². The first-order valence-electron chi connectivity index (χ1n) is 11.2. The molecule has 1 atom stereocenters. The minimum atomic E-state index is -0.422. The second-order valence-corrected chi connectivity index (χ2v) is 8.88. The molecule has 1 aliphatic carbocycles. The minimum absolute atomic E-state index is 0.0386. The van der Waals surface area contributed by atoms with Crippen LogP contribution in [0.1, 0.15) is 43.6 Å². The zero-order valence-electron chi connectivity index (χ0n) is 19.3. The highest BCUT2D eigenvalue weighted by molar-refractivity contribution is 5.79. The molecule has 1 amide bonds. The van der Waals surface area contributed by atoms with Gasteiger partial charge in [-0.05, 0) is 30.9 Å². The molecule has 3 heterocycles. The van der Waals surface area contributed by atoms with Gasteiger partial charge in [0, 0.05) is 38.2 Å². The molecule has 0 saturated heterocycles. The quantitative estimate of drug-likeness (QED) is 0.467. The van der Waals surface area contributed by atoms with Crippen LogP contribution in [0, 0.1) is 0 Å². The molecule has 1 aliphatic rings. The van der Waals surface area contributed by atoms with E-state index in [0.717, 1.165) is 36.0 Å². The summed E-state index contributed by atoms with van der Waals surface area (Å²) >= 11 is 0. The van der Waals surface area contributed by atoms with Crippen molar-refractivity contribution in [2.75, 3.05) is 19.8 Å². The Morgan fingerprint density at radius 3 is 2.41 bits per heavy atom. The predicted octanol–water partition coefficient (Wildman–Crippen LogP) is 3.09. The summed E-state index contributed by atoms with van der Waals surface area (Å²) in [6.45, 7) is 1.81. The number of aromatic nitrogens is 6. The normalized spacial score (nSPS) is 15.5. The molecular formula is C24H26N8O2. The van der Waals surface area contributed by atoms with E-state index in [0.29, 0.717) is 17.3 Å². The molecule has 2 N–H and O–H groups in total. The van der Waals surface area contributed by atoms with Crippen molar-refractivity contribution >= 4 is 11.9 Å². The molecule has 174 valence electrons. The van der Waals surface area contributed by atoms with Crippen LogP contribution in [0.15, 0.2) is 53.6 Å². The monoisotopic (exact) mass is 458 g/mol. The molecule has 1 unspecified atom stereocenters. The molecule has 1 aromatic carbocycles. The number of likely N-dealkylation sites (N-methyl/N-ethyl adjacent to an activating group) is 1. The van der Waals surface area contributed by atoms with Crippen LogP contribution in [0.2, 0.25) is 0 Å². The largest absolute Gasteiger partial charge is 0.368 e. The van der Waals surface area contributed by atoms with E-state index in [9.17, 15) is 4.79 Å². The second kappa shape index (κ2) is 8.36. The number of hydrogen-bond acceptors (Lipinski definition) is 8. The summed E-state index contributed by atoms with van der Waals surface area (Å²) in [6.07, 6.45) is 9.84. The zero-order chi connectivity index (χ0) is 23.9. The van der Waals surface area contributed by atoms with Gasteiger partial charge in [-0.2, -0.15) is 10.1 Å². The molecule has 0 bridgehead atoms. The second-order valence-electron chi connectivity index (χ2n) is 8.88. The van der Waals surface area contributed by atoms with Crippen molar-refractivity contribution < 1.29 is 9.32 Å². The first-order valence-corrected chi connectivity index (χ1v) is 11.2. The van der Waals surface area contributed by atoms with E-state index in [4.69, 9.17) is 15.2 Å². The Kier molecular flexibility index (Phi) is 5.35. The Morgan fingerprint density at radius 2 is 1.79 bits per heavy atom. The molecule has 0 radical (unpaired) electrons. The predicted molar refractivity (Wildman–Crippen MR) is 125 cm³/mol. The number of carbonyl (C=O) groups is 1. The molecule has 34 heavy (non-hydrogen) atoms. The molecule has 10 heteroatoms. The average Bonchev–Trinajstić information content (AvgIpc) is 3.49. The fraction of sp³-hybridized carbons (Fsp3) is 0.333. The average molecular weight is 459 g/mol. The number of anilines is 1. The van der Waals surface area contributed by atoms with Gasteiger partial charge in [-0.3, -0.25) is 9.48 Å². The molecule has 1 saturated carbocycles. The van der Waals surface area contributed by atoms with Crippen LogP contribution in [0.5, 0.6) is 0 Å². The van der Waals surface area contributed by atoms with Crippen molar-refractivity contribution in [1.82, 2.24) is 34.8 Å². The molecule has 3 aromatic heterocycles. The van der Waals surface area contributed by atoms with Gasteiger partial charge in [-0.1, -0.05) is 35.8 Å². The number of amides is 1. The summed E-state index contributed by atoms with van der Waals surface area (Å²) in [4.78, 5) is 26.7. The van der Waals surface area contributed by atoms with Gasteiger partial charge >= 0.3 is 0 Å². The highest BCUT2D eigenvalue weighted by Crippen LogP contribution is 2.48. The van der Waals surface area contributed by atoms with E-state index in [-0.39, 0.29) is 17.3 Å². The number of nitrogen functional groups attached to an aromatic ring is 1. The summed E-state index contributed by atoms with van der Waals surface area (Å²) in [6, 6.07) is 7.90. The van der Waals surface area contributed by atoms with E-state index in [1.165, 1.54) is 0 Å². The molecule has 5 rings (SSSR count). The fourth-order valence-electron chi connectivity index (χ4n) is 4.32. The Bertz CT molecular complexity index is 1300. The van der Waals surface area contributed by atoms with Gasteiger partial charge in [0.25, 0.3) is 5.89 Å². The smallest absolute Gasteiger partial charge is 0.261 e. The van der Waals surface area contributed by atoms with Crippen LogP contribution >= 0.6 is 0 Å². The molecule has 4 aromatic rings. The van der Waals surface area contributed by atoms with Gasteiger partial charge in [0.2, 0.25) is 11.9 Å². The SMILES string of the molecule is CC(C(=O)N(C)C)n1cc(-c2nc(C3(c4ccc(-c5cnc(N)nc5)cc4)CCC3)no2)cn1. The number of nitrogens with zero attached hydrogens (tertiary/aromatic N) is 7. The third-order valence-electron chi connectivity index (χ3n) is 6.55. The summed E-state index contributed by atoms with van der Waals surface area (Å²) in [5, 5.41) is 8.67. The lowest BCUT2D eigenvalue weighted by Crippen LogP contribution is -2.36. The first kappa shape index (κ1) is 21.7. The van der Waals surface area contributed by atoms with Crippen LogP contribution in [-0.4, -0.2) is 54.8 Å². The maximum atomic E-state index is 12.3. The van der Waals surface area contributed by atoms with Crippen molar-refractivity contribution in [1.29, 1.82) is 0 Å². The van der Waals surface area contributed by atoms with Crippen molar-refractivity contribution in [3.8, 4) is 22.6 Å². The van der Waals surface area contributed by atoms with E-state index >= 15 is 0 Å². The fourth-order valence-corrected chi connectivity index (χ4v) is 4.32. The van der Waals surface area contributed by atoms with E-state index in [1.54, 1.807) is 48.5 Å². The Hall–Kier alpha value is -4.08. The van der Waals surface area contributed by atoms with Gasteiger partial charge in [0.05, 0.1) is 17.2 Å². The topological polar surface area (TPSA) is 129 Å². The number of carbonyl (C=O) groups excluding carboxylic acids is 1. The summed E-state index contributed by atoms with van der Waals surface area (Å²) in [5.74, 6) is 1.28. The maximum Gasteiger partial charge on any atom is 0.261 e. The number of hydrogen-bond donors (Lipinski definition) is 1. The van der Waals surface area contributed by atoms with Crippen LogP contribution in [0.3, 0.4) is 0 Å². The highest BCUT2D eigenvalue weighted by atomic mass is 16.5. The molecule has 10 nitrogen and oxygen atoms in total. The zero-order valence-corrected chi connectivity index (χ0v) is 19.3. The molecular weight excluding hydrogens is 432 g/mol. The van der Waals surface area contributed by atoms with Gasteiger partial charge in [0.1, 0.15) is 6.04 Å².